The molecule has 108 valence electrons. The van der Waals surface area contributed by atoms with Gasteiger partial charge in [-0.2, -0.15) is 0 Å². The number of likely N-dealkylation sites (N-methyl/N-ethyl adjacent to an activating group) is 1. The summed E-state index contributed by atoms with van der Waals surface area (Å²) in [7, 11) is 1.82. The van der Waals surface area contributed by atoms with Crippen LogP contribution < -0.4 is 0 Å². The Morgan fingerprint density at radius 1 is 1.16 bits per heavy atom. The average molecular weight is 268 g/mol. The lowest BCUT2D eigenvalue weighted by molar-refractivity contribution is -0.143. The third-order valence-electron chi connectivity index (χ3n) is 4.29. The highest BCUT2D eigenvalue weighted by Gasteiger charge is 2.33. The van der Waals surface area contributed by atoms with Gasteiger partial charge >= 0.3 is 5.97 Å². The first kappa shape index (κ1) is 14.3. The van der Waals surface area contributed by atoms with Crippen LogP contribution in [0.5, 0.6) is 0 Å². The Bertz CT molecular complexity index is 338. The van der Waals surface area contributed by atoms with E-state index < -0.39 is 11.9 Å². The lowest BCUT2D eigenvalue weighted by Gasteiger charge is -2.31. The molecule has 1 N–H and O–H groups in total. The minimum absolute atomic E-state index is 0.0955. The maximum absolute atomic E-state index is 12.3. The summed E-state index contributed by atoms with van der Waals surface area (Å²) in [5.41, 5.74) is 0. The molecule has 1 amide bonds. The quantitative estimate of drug-likeness (QED) is 0.764. The summed E-state index contributed by atoms with van der Waals surface area (Å²) in [6.07, 6.45) is 6.84. The predicted octanol–water partition coefficient (Wildman–Crippen LogP) is 1.18. The highest BCUT2D eigenvalue weighted by atomic mass is 16.4. The highest BCUT2D eigenvalue weighted by molar-refractivity contribution is 5.80. The molecule has 2 fully saturated rings. The van der Waals surface area contributed by atoms with Crippen LogP contribution in [0.1, 0.15) is 38.5 Å². The second kappa shape index (κ2) is 6.37. The standard InChI is InChI=1S/C14H24N2O3/c1-15-8-11(14(18)19)9-16(13(17)10-15)12-6-4-2-3-5-7-12/h11-12H,2-10H2,1H3,(H,18,19). The van der Waals surface area contributed by atoms with Gasteiger partial charge in [-0.1, -0.05) is 25.7 Å². The smallest absolute Gasteiger partial charge is 0.309 e. The highest BCUT2D eigenvalue weighted by Crippen LogP contribution is 2.24. The Balaban J connectivity index is 2.10. The van der Waals surface area contributed by atoms with E-state index in [0.29, 0.717) is 19.6 Å². The number of carbonyl (C=O) groups is 2. The fourth-order valence-electron chi connectivity index (χ4n) is 3.24. The van der Waals surface area contributed by atoms with Gasteiger partial charge in [0.25, 0.3) is 0 Å². The van der Waals surface area contributed by atoms with E-state index in [1.54, 1.807) is 0 Å². The first-order valence-electron chi connectivity index (χ1n) is 7.28. The van der Waals surface area contributed by atoms with Crippen molar-refractivity contribution in [3.05, 3.63) is 0 Å². The summed E-state index contributed by atoms with van der Waals surface area (Å²) >= 11 is 0. The summed E-state index contributed by atoms with van der Waals surface area (Å²) in [6, 6.07) is 0.253. The molecule has 2 aliphatic rings. The topological polar surface area (TPSA) is 60.9 Å². The molecule has 1 heterocycles. The lowest BCUT2D eigenvalue weighted by atomic mass is 10.0. The van der Waals surface area contributed by atoms with Gasteiger partial charge in [0, 0.05) is 19.1 Å². The molecule has 2 rings (SSSR count). The molecule has 0 aromatic heterocycles. The number of hydrogen-bond acceptors (Lipinski definition) is 3. The number of carboxylic acid groups (broad SMARTS) is 1. The molecular weight excluding hydrogens is 244 g/mol. The van der Waals surface area contributed by atoms with Gasteiger partial charge in [0.2, 0.25) is 5.91 Å². The van der Waals surface area contributed by atoms with E-state index in [9.17, 15) is 14.7 Å². The van der Waals surface area contributed by atoms with Crippen molar-refractivity contribution in [2.45, 2.75) is 44.6 Å². The van der Waals surface area contributed by atoms with E-state index in [1.165, 1.54) is 12.8 Å². The van der Waals surface area contributed by atoms with Crippen molar-refractivity contribution in [1.82, 2.24) is 9.80 Å². The molecule has 0 radical (unpaired) electrons. The number of carboxylic acids is 1. The molecule has 5 heteroatoms. The predicted molar refractivity (Wildman–Crippen MR) is 71.8 cm³/mol. The molecular formula is C14H24N2O3. The zero-order chi connectivity index (χ0) is 13.8. The Morgan fingerprint density at radius 3 is 2.37 bits per heavy atom. The molecule has 0 spiro atoms. The van der Waals surface area contributed by atoms with E-state index in [-0.39, 0.29) is 11.9 Å². The lowest BCUT2D eigenvalue weighted by Crippen LogP contribution is -2.44. The number of rotatable bonds is 2. The van der Waals surface area contributed by atoms with Crippen molar-refractivity contribution in [3.8, 4) is 0 Å². The van der Waals surface area contributed by atoms with Gasteiger partial charge in [0.15, 0.2) is 0 Å². The van der Waals surface area contributed by atoms with E-state index in [4.69, 9.17) is 0 Å². The second-order valence-electron chi connectivity index (χ2n) is 5.92. The largest absolute Gasteiger partial charge is 0.481 e. The van der Waals surface area contributed by atoms with Crippen LogP contribution in [0.25, 0.3) is 0 Å². The summed E-state index contributed by atoms with van der Waals surface area (Å²) in [5.74, 6) is -1.15. The number of amides is 1. The van der Waals surface area contributed by atoms with E-state index >= 15 is 0 Å². The van der Waals surface area contributed by atoms with Crippen LogP contribution in [0, 0.1) is 5.92 Å². The minimum Gasteiger partial charge on any atom is -0.481 e. The Morgan fingerprint density at radius 2 is 1.79 bits per heavy atom. The monoisotopic (exact) mass is 268 g/mol. The zero-order valence-corrected chi connectivity index (χ0v) is 11.7. The van der Waals surface area contributed by atoms with Crippen molar-refractivity contribution in [2.75, 3.05) is 26.7 Å². The van der Waals surface area contributed by atoms with E-state index in [0.717, 1.165) is 25.7 Å². The van der Waals surface area contributed by atoms with Crippen LogP contribution in [0.2, 0.25) is 0 Å². The van der Waals surface area contributed by atoms with Crippen LogP contribution in [0.4, 0.5) is 0 Å². The molecule has 1 saturated carbocycles. The van der Waals surface area contributed by atoms with Gasteiger partial charge in [0.05, 0.1) is 12.5 Å². The molecule has 19 heavy (non-hydrogen) atoms. The van der Waals surface area contributed by atoms with Crippen molar-refractivity contribution in [1.29, 1.82) is 0 Å². The van der Waals surface area contributed by atoms with E-state index in [1.807, 2.05) is 16.8 Å². The molecule has 0 aromatic rings. The number of nitrogens with zero attached hydrogens (tertiary/aromatic N) is 2. The van der Waals surface area contributed by atoms with Crippen molar-refractivity contribution in [3.63, 3.8) is 0 Å². The third-order valence-corrected chi connectivity index (χ3v) is 4.29. The maximum atomic E-state index is 12.3. The van der Waals surface area contributed by atoms with Gasteiger partial charge in [0.1, 0.15) is 0 Å². The molecule has 1 unspecified atom stereocenters. The maximum Gasteiger partial charge on any atom is 0.309 e. The molecule has 1 atom stereocenters. The summed E-state index contributed by atoms with van der Waals surface area (Å²) in [6.45, 7) is 1.19. The van der Waals surface area contributed by atoms with Gasteiger partial charge in [-0.3, -0.25) is 14.5 Å². The number of aliphatic carboxylic acids is 1. The fourth-order valence-corrected chi connectivity index (χ4v) is 3.24. The molecule has 1 saturated heterocycles. The molecule has 5 nitrogen and oxygen atoms in total. The van der Waals surface area contributed by atoms with Crippen LogP contribution in [0.3, 0.4) is 0 Å². The van der Waals surface area contributed by atoms with Crippen molar-refractivity contribution < 1.29 is 14.7 Å². The van der Waals surface area contributed by atoms with Crippen LogP contribution in [-0.4, -0.2) is 59.5 Å². The minimum atomic E-state index is -0.792. The van der Waals surface area contributed by atoms with Gasteiger partial charge in [-0.15, -0.1) is 0 Å². The summed E-state index contributed by atoms with van der Waals surface area (Å²) < 4.78 is 0. The normalized spacial score (nSPS) is 27.9. The number of hydrogen-bond donors (Lipinski definition) is 1. The first-order chi connectivity index (χ1) is 9.08. The summed E-state index contributed by atoms with van der Waals surface area (Å²) in [4.78, 5) is 27.3. The molecule has 0 aromatic carbocycles. The first-order valence-corrected chi connectivity index (χ1v) is 7.28. The second-order valence-corrected chi connectivity index (χ2v) is 5.92. The van der Waals surface area contributed by atoms with Crippen LogP contribution >= 0.6 is 0 Å². The third kappa shape index (κ3) is 3.69. The van der Waals surface area contributed by atoms with Crippen molar-refractivity contribution in [2.24, 2.45) is 5.92 Å². The van der Waals surface area contributed by atoms with Gasteiger partial charge in [-0.25, -0.2) is 0 Å². The van der Waals surface area contributed by atoms with Gasteiger partial charge in [-0.05, 0) is 19.9 Å². The Labute approximate surface area is 114 Å². The molecule has 1 aliphatic carbocycles. The van der Waals surface area contributed by atoms with E-state index in [2.05, 4.69) is 0 Å². The van der Waals surface area contributed by atoms with Gasteiger partial charge < -0.3 is 10.0 Å². The fraction of sp³-hybridized carbons (Fsp3) is 0.857. The summed E-state index contributed by atoms with van der Waals surface area (Å²) in [5, 5.41) is 9.27. The van der Waals surface area contributed by atoms with Crippen molar-refractivity contribution >= 4 is 11.9 Å². The zero-order valence-electron chi connectivity index (χ0n) is 11.7. The van der Waals surface area contributed by atoms with Crippen LogP contribution in [-0.2, 0) is 9.59 Å². The van der Waals surface area contributed by atoms with Crippen LogP contribution in [0.15, 0.2) is 0 Å². The number of carbonyl (C=O) groups excluding carboxylic acids is 1. The Kier molecular flexibility index (Phi) is 4.80. The Hall–Kier alpha value is -1.10. The molecule has 1 aliphatic heterocycles. The average Bonchev–Trinajstić information content (AvgIpc) is 2.68. The SMILES string of the molecule is CN1CC(=O)N(C2CCCCCC2)CC(C(=O)O)C1. The molecule has 0 bridgehead atoms.